The molecule has 9 N–H and O–H groups in total. The summed E-state index contributed by atoms with van der Waals surface area (Å²) < 4.78 is 0. The lowest BCUT2D eigenvalue weighted by Crippen LogP contribution is -2.46. The van der Waals surface area contributed by atoms with Gasteiger partial charge in [-0.1, -0.05) is 388 Å². The summed E-state index contributed by atoms with van der Waals surface area (Å²) in [6, 6.07) is 0. The molecule has 0 saturated heterocycles. The van der Waals surface area contributed by atoms with Gasteiger partial charge in [-0.25, -0.2) is 0 Å². The zero-order valence-corrected chi connectivity index (χ0v) is 75.2. The molecule has 0 aliphatic carbocycles. The lowest BCUT2D eigenvalue weighted by molar-refractivity contribution is -0.123. The third kappa shape index (κ3) is 52.6. The predicted molar refractivity (Wildman–Crippen MR) is 451 cm³/mol. The molecule has 0 amide bonds. The lowest BCUT2D eigenvalue weighted by Gasteiger charge is -2.29. The molecule has 0 aromatic rings. The third-order valence-electron chi connectivity index (χ3n) is 28.9. The fourth-order valence-electron chi connectivity index (χ4n) is 13.1. The van der Waals surface area contributed by atoms with Crippen LogP contribution in [-0.4, -0.2) is 68.3 Å². The van der Waals surface area contributed by atoms with Crippen LogP contribution in [-0.2, 0) is 0 Å². The van der Waals surface area contributed by atoms with Gasteiger partial charge in [0.25, 0.3) is 0 Å². The zero-order valence-electron chi connectivity index (χ0n) is 75.2. The van der Waals surface area contributed by atoms with Crippen molar-refractivity contribution in [3.05, 3.63) is 0 Å². The van der Waals surface area contributed by atoms with Crippen LogP contribution < -0.4 is 6.15 Å². The Morgan fingerprint density at radius 1 is 0.163 bits per heavy atom. The first-order chi connectivity index (χ1) is 44.3. The summed E-state index contributed by atoms with van der Waals surface area (Å²) in [5.74, 6) is 24.7. The van der Waals surface area contributed by atoms with E-state index in [0.29, 0.717) is 0 Å². The molecular formula is C91H203NO6. The summed E-state index contributed by atoms with van der Waals surface area (Å²) >= 11 is 0. The maximum absolute atomic E-state index is 8.96. The molecule has 7 heteroatoms. The van der Waals surface area contributed by atoms with Gasteiger partial charge in [-0.2, -0.15) is 0 Å². The zero-order chi connectivity index (χ0) is 77.8. The van der Waals surface area contributed by atoms with Gasteiger partial charge in [0.05, 0.1) is 13.2 Å². The minimum atomic E-state index is -1.67. The molecule has 0 radical (unpaired) electrons. The first-order valence-electron chi connectivity index (χ1n) is 42.3. The van der Waals surface area contributed by atoms with E-state index in [-0.39, 0.29) is 13.6 Å². The minimum absolute atomic E-state index is 0. The van der Waals surface area contributed by atoms with E-state index in [2.05, 4.69) is 291 Å². The van der Waals surface area contributed by atoms with Crippen molar-refractivity contribution in [1.82, 2.24) is 6.15 Å². The van der Waals surface area contributed by atoms with Crippen molar-refractivity contribution >= 4 is 0 Å². The van der Waals surface area contributed by atoms with Crippen LogP contribution in [0, 0.1) is 166 Å². The topological polar surface area (TPSA) is 156 Å². The average Bonchev–Trinajstić information content (AvgIpc) is 1.23. The number of aliphatic hydroxyl groups excluding tert-OH is 6. The molecule has 0 bridgehead atoms. The molecule has 0 heterocycles. The maximum atomic E-state index is 8.96. The molecule has 0 fully saturated rings. The van der Waals surface area contributed by atoms with E-state index in [0.717, 1.165) is 166 Å². The molecular weight excluding hydrogens is 1200 g/mol. The monoisotopic (exact) mass is 1410 g/mol. The van der Waals surface area contributed by atoms with Gasteiger partial charge in [0.1, 0.15) is 24.4 Å². The molecule has 7 nitrogen and oxygen atoms in total. The molecule has 0 aliphatic rings. The average molecular weight is 1410 g/mol. The Kier molecular flexibility index (Phi) is 86.1. The molecule has 0 spiro atoms. The molecule has 0 saturated carbocycles. The van der Waals surface area contributed by atoms with Crippen molar-refractivity contribution in [2.24, 2.45) is 166 Å². The van der Waals surface area contributed by atoms with Crippen molar-refractivity contribution in [3.63, 3.8) is 0 Å². The molecule has 0 aliphatic heterocycles. The molecule has 608 valence electrons. The molecule has 0 aromatic heterocycles. The number of aliphatic hydroxyl groups is 6. The second kappa shape index (κ2) is 71.0. The van der Waals surface area contributed by atoms with Crippen LogP contribution in [0.3, 0.4) is 0 Å². The van der Waals surface area contributed by atoms with Gasteiger partial charge in [-0.15, -0.1) is 0 Å². The smallest absolute Gasteiger partial charge is 0.111 e. The summed E-state index contributed by atoms with van der Waals surface area (Å²) in [5, 5.41) is 52.2. The lowest BCUT2D eigenvalue weighted by atomic mass is 9.77. The number of hydrogen-bond acceptors (Lipinski definition) is 7. The summed E-state index contributed by atoms with van der Waals surface area (Å²) in [4.78, 5) is 0. The normalized spacial score (nSPS) is 21.1. The van der Waals surface area contributed by atoms with E-state index in [9.17, 15) is 0 Å². The van der Waals surface area contributed by atoms with Crippen molar-refractivity contribution in [2.45, 2.75) is 413 Å². The molecule has 0 aromatic carbocycles. The van der Waals surface area contributed by atoms with Gasteiger partial charge in [-0.05, 0) is 166 Å². The van der Waals surface area contributed by atoms with Crippen molar-refractivity contribution in [1.29, 1.82) is 0 Å². The van der Waals surface area contributed by atoms with E-state index in [1.807, 2.05) is 0 Å². The first-order valence-corrected chi connectivity index (χ1v) is 42.3. The largest absolute Gasteiger partial charge is 0.394 e. The molecule has 32 atom stereocenters. The van der Waals surface area contributed by atoms with Crippen molar-refractivity contribution < 1.29 is 30.6 Å². The van der Waals surface area contributed by atoms with Gasteiger partial charge in [-0.3, -0.25) is 0 Å². The van der Waals surface area contributed by atoms with Crippen molar-refractivity contribution in [2.75, 3.05) is 13.2 Å². The van der Waals surface area contributed by atoms with Crippen LogP contribution in [0.25, 0.3) is 0 Å². The Bertz CT molecular complexity index is 1120. The number of hydrogen-bond donors (Lipinski definition) is 7. The van der Waals surface area contributed by atoms with Crippen LogP contribution in [0.1, 0.15) is 388 Å². The molecule has 98 heavy (non-hydrogen) atoms. The van der Waals surface area contributed by atoms with Crippen LogP contribution in [0.5, 0.6) is 0 Å². The van der Waals surface area contributed by atoms with Crippen LogP contribution in [0.15, 0.2) is 0 Å². The van der Waals surface area contributed by atoms with E-state index >= 15 is 0 Å². The SMILES string of the molecule is C.CCC(C)C(C)C(C)C(C)CC.CCC(C)C(C)C(C)C(C)CC.CCC(C)C(C)C(C)C(C)CC.CCC(C)C(C)C(C)C(C)CC.CCC(C)C(C)C(C)C(C)CC.CCC(C)C(C)C(C)C(C)CC.CCC(C)C(C)C(C)C(C)CC.N.OCC(O)C(O)C(O)C(O)CO. The van der Waals surface area contributed by atoms with Gasteiger partial charge in [0, 0.05) is 0 Å². The van der Waals surface area contributed by atoms with E-state index in [4.69, 9.17) is 30.6 Å². The van der Waals surface area contributed by atoms with Crippen molar-refractivity contribution in [3.8, 4) is 0 Å². The second-order valence-corrected chi connectivity index (χ2v) is 33.9. The highest BCUT2D eigenvalue weighted by Crippen LogP contribution is 2.35. The van der Waals surface area contributed by atoms with Gasteiger partial charge in [0.2, 0.25) is 0 Å². The van der Waals surface area contributed by atoms with Crippen LogP contribution >= 0.6 is 0 Å². The summed E-state index contributed by atoms with van der Waals surface area (Å²) in [5.41, 5.74) is 0. The quantitative estimate of drug-likeness (QED) is 0.0322. The molecule has 32 unspecified atom stereocenters. The summed E-state index contributed by atoms with van der Waals surface area (Å²) in [6.07, 6.45) is 12.1. The van der Waals surface area contributed by atoms with Crippen LogP contribution in [0.2, 0.25) is 0 Å². The second-order valence-electron chi connectivity index (χ2n) is 33.9. The fourth-order valence-corrected chi connectivity index (χ4v) is 13.1. The Hall–Kier alpha value is -0.280. The summed E-state index contributed by atoms with van der Waals surface area (Å²) in [7, 11) is 0. The highest BCUT2D eigenvalue weighted by molar-refractivity contribution is 4.81. The predicted octanol–water partition coefficient (Wildman–Crippen LogP) is 27.7. The van der Waals surface area contributed by atoms with Crippen LogP contribution in [0.4, 0.5) is 0 Å². The van der Waals surface area contributed by atoms with Gasteiger partial charge < -0.3 is 36.8 Å². The highest BCUT2D eigenvalue weighted by Gasteiger charge is 2.30. The summed E-state index contributed by atoms with van der Waals surface area (Å²) in [6.45, 7) is 97.7. The standard InChI is InChI=1S/7C12H26.C6H14O6.CH4.H3N/c7*1-7-9(3)11(5)12(6)10(4)8-2;7-1-3(9)5(11)6(12)4(10)2-8;;/h7*9-12H,7-8H2,1-6H3;3-12H,1-2H2;1H4;1H3. The van der Waals surface area contributed by atoms with Gasteiger partial charge >= 0.3 is 0 Å². The number of rotatable bonds is 40. The fraction of sp³-hybridized carbons (Fsp3) is 1.00. The van der Waals surface area contributed by atoms with Gasteiger partial charge in [0.15, 0.2) is 0 Å². The Balaban J connectivity index is -0.000000113. The van der Waals surface area contributed by atoms with E-state index in [1.165, 1.54) is 89.9 Å². The Morgan fingerprint density at radius 2 is 0.224 bits per heavy atom. The third-order valence-corrected chi connectivity index (χ3v) is 28.9. The van der Waals surface area contributed by atoms with E-state index < -0.39 is 37.6 Å². The van der Waals surface area contributed by atoms with E-state index in [1.54, 1.807) is 0 Å². The Labute approximate surface area is 625 Å². The molecule has 0 rings (SSSR count). The Morgan fingerprint density at radius 3 is 0.265 bits per heavy atom. The minimum Gasteiger partial charge on any atom is -0.394 e. The highest BCUT2D eigenvalue weighted by atomic mass is 16.4. The maximum Gasteiger partial charge on any atom is 0.111 e. The first kappa shape index (κ1) is 119.